The van der Waals surface area contributed by atoms with Gasteiger partial charge in [0.2, 0.25) is 0 Å². The summed E-state index contributed by atoms with van der Waals surface area (Å²) in [6, 6.07) is 2.20. The van der Waals surface area contributed by atoms with Gasteiger partial charge in [-0.3, -0.25) is 0 Å². The van der Waals surface area contributed by atoms with E-state index in [1.165, 1.54) is 70.6 Å². The third-order valence-electron chi connectivity index (χ3n) is 3.29. The molecule has 1 nitrogen and oxygen atoms in total. The Kier molecular flexibility index (Phi) is 15.0. The van der Waals surface area contributed by atoms with Crippen LogP contribution in [-0.2, 0) is 0 Å². The minimum atomic E-state index is 0.743. The highest BCUT2D eigenvalue weighted by molar-refractivity contribution is 4.67. The highest BCUT2D eigenvalue weighted by atomic mass is 14.2. The molecule has 0 atom stereocenters. The van der Waals surface area contributed by atoms with Gasteiger partial charge in [-0.1, -0.05) is 84.0 Å². The molecular formula is C16H30N. The number of unbranched alkanes of at least 4 members (excludes halogenated alkanes) is 13. The van der Waals surface area contributed by atoms with Gasteiger partial charge in [0.05, 0.1) is 6.07 Å². The molecule has 0 saturated carbocycles. The van der Waals surface area contributed by atoms with Gasteiger partial charge in [-0.15, -0.1) is 0 Å². The number of nitriles is 1. The van der Waals surface area contributed by atoms with Crippen molar-refractivity contribution in [3.63, 3.8) is 0 Å². The second-order valence-electron chi connectivity index (χ2n) is 5.00. The highest BCUT2D eigenvalue weighted by Crippen LogP contribution is 2.12. The summed E-state index contributed by atoms with van der Waals surface area (Å²) in [6.07, 6.45) is 18.0. The number of hydrogen-bond donors (Lipinski definition) is 0. The fourth-order valence-corrected chi connectivity index (χ4v) is 2.15. The van der Waals surface area contributed by atoms with E-state index in [1.807, 2.05) is 0 Å². The van der Waals surface area contributed by atoms with Crippen LogP contribution in [0.15, 0.2) is 0 Å². The highest BCUT2D eigenvalue weighted by Gasteiger charge is 1.93. The minimum absolute atomic E-state index is 0.743. The molecule has 0 N–H and O–H groups in total. The van der Waals surface area contributed by atoms with Crippen LogP contribution < -0.4 is 0 Å². The van der Waals surface area contributed by atoms with E-state index in [1.54, 1.807) is 0 Å². The molecule has 0 aromatic heterocycles. The lowest BCUT2D eigenvalue weighted by atomic mass is 10.0. The predicted molar refractivity (Wildman–Crippen MR) is 75.6 cm³/mol. The molecule has 0 aromatic rings. The Hall–Kier alpha value is -0.510. The van der Waals surface area contributed by atoms with Gasteiger partial charge in [0.1, 0.15) is 0 Å². The van der Waals surface area contributed by atoms with Crippen molar-refractivity contribution in [3.05, 3.63) is 6.92 Å². The molecule has 0 amide bonds. The van der Waals surface area contributed by atoms with Gasteiger partial charge < -0.3 is 0 Å². The average Bonchev–Trinajstić information content (AvgIpc) is 2.35. The van der Waals surface area contributed by atoms with Crippen LogP contribution in [0.1, 0.15) is 89.9 Å². The molecule has 99 valence electrons. The fourth-order valence-electron chi connectivity index (χ4n) is 2.15. The van der Waals surface area contributed by atoms with Crippen LogP contribution in [0.5, 0.6) is 0 Å². The van der Waals surface area contributed by atoms with E-state index < -0.39 is 0 Å². The van der Waals surface area contributed by atoms with Gasteiger partial charge in [-0.2, -0.15) is 5.26 Å². The van der Waals surface area contributed by atoms with E-state index >= 15 is 0 Å². The van der Waals surface area contributed by atoms with Crippen molar-refractivity contribution < 1.29 is 0 Å². The maximum absolute atomic E-state index is 8.39. The Morgan fingerprint density at radius 3 is 1.29 bits per heavy atom. The summed E-state index contributed by atoms with van der Waals surface area (Å²) < 4.78 is 0. The molecule has 0 aromatic carbocycles. The summed E-state index contributed by atoms with van der Waals surface area (Å²) in [5, 5.41) is 8.39. The molecule has 0 saturated heterocycles. The molecule has 0 spiro atoms. The lowest BCUT2D eigenvalue weighted by molar-refractivity contribution is 0.542. The smallest absolute Gasteiger partial charge is 0.0621 e. The third-order valence-corrected chi connectivity index (χ3v) is 3.29. The molecule has 0 aliphatic rings. The third kappa shape index (κ3) is 15.5. The molecule has 0 heterocycles. The maximum Gasteiger partial charge on any atom is 0.0621 e. The second kappa shape index (κ2) is 15.5. The summed E-state index contributed by atoms with van der Waals surface area (Å²) in [7, 11) is 0. The van der Waals surface area contributed by atoms with E-state index in [4.69, 9.17) is 5.26 Å². The Labute approximate surface area is 109 Å². The summed E-state index contributed by atoms with van der Waals surface area (Å²) in [6.45, 7) is 3.86. The van der Waals surface area contributed by atoms with Gasteiger partial charge >= 0.3 is 0 Å². The quantitative estimate of drug-likeness (QED) is 0.370. The first-order chi connectivity index (χ1) is 8.41. The van der Waals surface area contributed by atoms with Crippen molar-refractivity contribution in [2.45, 2.75) is 89.9 Å². The van der Waals surface area contributed by atoms with Gasteiger partial charge in [0.15, 0.2) is 0 Å². The van der Waals surface area contributed by atoms with Crippen molar-refractivity contribution in [1.29, 1.82) is 5.26 Å². The lowest BCUT2D eigenvalue weighted by Gasteiger charge is -2.02. The van der Waals surface area contributed by atoms with Crippen LogP contribution in [-0.4, -0.2) is 0 Å². The second-order valence-corrected chi connectivity index (χ2v) is 5.00. The van der Waals surface area contributed by atoms with Crippen molar-refractivity contribution in [1.82, 2.24) is 0 Å². The SMILES string of the molecule is [CH2]CCCCCCCCCCCCCCC#N. The van der Waals surface area contributed by atoms with Gasteiger partial charge in [-0.05, 0) is 6.42 Å². The van der Waals surface area contributed by atoms with Crippen LogP contribution in [0.2, 0.25) is 0 Å². The Morgan fingerprint density at radius 1 is 0.588 bits per heavy atom. The zero-order valence-electron chi connectivity index (χ0n) is 11.6. The lowest BCUT2D eigenvalue weighted by Crippen LogP contribution is -1.82. The van der Waals surface area contributed by atoms with E-state index in [-0.39, 0.29) is 0 Å². The molecule has 0 fully saturated rings. The number of hydrogen-bond acceptors (Lipinski definition) is 1. The summed E-state index contributed by atoms with van der Waals surface area (Å²) >= 11 is 0. The van der Waals surface area contributed by atoms with Crippen molar-refractivity contribution in [3.8, 4) is 6.07 Å². The van der Waals surface area contributed by atoms with Crippen LogP contribution >= 0.6 is 0 Å². The summed E-state index contributed by atoms with van der Waals surface area (Å²) in [5.41, 5.74) is 0. The van der Waals surface area contributed by atoms with Crippen molar-refractivity contribution in [2.75, 3.05) is 0 Å². The first-order valence-corrected chi connectivity index (χ1v) is 7.58. The standard InChI is InChI=1S/C16H30N/c1-2-3-4-5-6-7-8-9-10-11-12-13-14-15-16-17/h1-15H2. The Bertz CT molecular complexity index is 169. The molecule has 0 rings (SSSR count). The van der Waals surface area contributed by atoms with E-state index in [2.05, 4.69) is 13.0 Å². The molecule has 1 radical (unpaired) electrons. The topological polar surface area (TPSA) is 23.8 Å². The molecule has 0 bridgehead atoms. The monoisotopic (exact) mass is 236 g/mol. The zero-order chi connectivity index (χ0) is 12.6. The summed E-state index contributed by atoms with van der Waals surface area (Å²) in [4.78, 5) is 0. The molecule has 0 aliphatic heterocycles. The van der Waals surface area contributed by atoms with E-state index in [0.29, 0.717) is 0 Å². The van der Waals surface area contributed by atoms with E-state index in [0.717, 1.165) is 19.3 Å². The Morgan fingerprint density at radius 2 is 0.941 bits per heavy atom. The molecule has 0 aliphatic carbocycles. The summed E-state index contributed by atoms with van der Waals surface area (Å²) in [5.74, 6) is 0. The fraction of sp³-hybridized carbons (Fsp3) is 0.875. The average molecular weight is 236 g/mol. The van der Waals surface area contributed by atoms with Crippen molar-refractivity contribution >= 4 is 0 Å². The zero-order valence-corrected chi connectivity index (χ0v) is 11.6. The van der Waals surface area contributed by atoms with Crippen molar-refractivity contribution in [2.24, 2.45) is 0 Å². The van der Waals surface area contributed by atoms with Crippen LogP contribution in [0.25, 0.3) is 0 Å². The van der Waals surface area contributed by atoms with E-state index in [9.17, 15) is 0 Å². The van der Waals surface area contributed by atoms with Crippen LogP contribution in [0.4, 0.5) is 0 Å². The van der Waals surface area contributed by atoms with Crippen LogP contribution in [0, 0.1) is 18.3 Å². The molecule has 0 unspecified atom stereocenters. The molecule has 17 heavy (non-hydrogen) atoms. The minimum Gasteiger partial charge on any atom is -0.198 e. The molecular weight excluding hydrogens is 206 g/mol. The predicted octanol–water partition coefficient (Wildman–Crippen LogP) is 5.81. The number of nitrogens with zero attached hydrogens (tertiary/aromatic N) is 1. The first kappa shape index (κ1) is 16.5. The number of rotatable bonds is 13. The normalized spacial score (nSPS) is 10.4. The van der Waals surface area contributed by atoms with Gasteiger partial charge in [-0.25, -0.2) is 0 Å². The Balaban J connectivity index is 2.87. The van der Waals surface area contributed by atoms with Gasteiger partial charge in [0.25, 0.3) is 0 Å². The van der Waals surface area contributed by atoms with Crippen LogP contribution in [0.3, 0.4) is 0 Å². The maximum atomic E-state index is 8.39. The van der Waals surface area contributed by atoms with Gasteiger partial charge in [0, 0.05) is 6.42 Å². The molecule has 1 heteroatoms. The first-order valence-electron chi connectivity index (χ1n) is 7.58. The largest absolute Gasteiger partial charge is 0.198 e.